The molecule has 0 bridgehead atoms. The van der Waals surface area contributed by atoms with Gasteiger partial charge in [-0.2, -0.15) is 13.2 Å². The molecule has 0 radical (unpaired) electrons. The SMILES string of the molecule is NC(CCCC(F)(F)F)CSc1ccc(Br)cc1. The van der Waals surface area contributed by atoms with Crippen LogP contribution in [0.25, 0.3) is 0 Å². The lowest BCUT2D eigenvalue weighted by atomic mass is 10.1. The molecule has 1 aromatic carbocycles. The molecule has 0 saturated heterocycles. The zero-order valence-electron chi connectivity index (χ0n) is 9.71. The van der Waals surface area contributed by atoms with Crippen LogP contribution in [0.5, 0.6) is 0 Å². The second-order valence-electron chi connectivity index (χ2n) is 4.03. The summed E-state index contributed by atoms with van der Waals surface area (Å²) in [4.78, 5) is 1.07. The van der Waals surface area contributed by atoms with Crippen molar-refractivity contribution >= 4 is 27.7 Å². The van der Waals surface area contributed by atoms with Gasteiger partial charge in [0.2, 0.25) is 0 Å². The summed E-state index contributed by atoms with van der Waals surface area (Å²) in [6.07, 6.45) is -4.31. The zero-order valence-corrected chi connectivity index (χ0v) is 12.1. The normalized spacial score (nSPS) is 13.6. The van der Waals surface area contributed by atoms with Crippen molar-refractivity contribution in [2.75, 3.05) is 5.75 Å². The van der Waals surface area contributed by atoms with Gasteiger partial charge in [0.25, 0.3) is 0 Å². The van der Waals surface area contributed by atoms with Crippen LogP contribution in [-0.4, -0.2) is 18.0 Å². The van der Waals surface area contributed by atoms with Gasteiger partial charge >= 0.3 is 6.18 Å². The topological polar surface area (TPSA) is 26.0 Å². The van der Waals surface area contributed by atoms with Crippen LogP contribution in [0.2, 0.25) is 0 Å². The smallest absolute Gasteiger partial charge is 0.327 e. The van der Waals surface area contributed by atoms with Crippen LogP contribution in [0.3, 0.4) is 0 Å². The van der Waals surface area contributed by atoms with Gasteiger partial charge in [-0.25, -0.2) is 0 Å². The number of benzene rings is 1. The molecule has 0 aliphatic carbocycles. The van der Waals surface area contributed by atoms with Gasteiger partial charge < -0.3 is 5.73 Å². The van der Waals surface area contributed by atoms with E-state index in [0.29, 0.717) is 12.2 Å². The number of alkyl halides is 3. The van der Waals surface area contributed by atoms with E-state index < -0.39 is 12.6 Å². The number of hydrogen-bond donors (Lipinski definition) is 1. The van der Waals surface area contributed by atoms with Crippen molar-refractivity contribution in [3.05, 3.63) is 28.7 Å². The molecule has 1 rings (SSSR count). The van der Waals surface area contributed by atoms with Gasteiger partial charge in [-0.15, -0.1) is 11.8 Å². The Morgan fingerprint density at radius 2 is 1.83 bits per heavy atom. The van der Waals surface area contributed by atoms with Crippen molar-refractivity contribution in [1.29, 1.82) is 0 Å². The molecule has 1 nitrogen and oxygen atoms in total. The van der Waals surface area contributed by atoms with Crippen LogP contribution in [0.1, 0.15) is 19.3 Å². The molecule has 6 heteroatoms. The maximum absolute atomic E-state index is 11.9. The van der Waals surface area contributed by atoms with E-state index >= 15 is 0 Å². The van der Waals surface area contributed by atoms with Crippen LogP contribution in [0.4, 0.5) is 13.2 Å². The molecule has 0 heterocycles. The first-order valence-corrected chi connectivity index (χ1v) is 7.35. The Hall–Kier alpha value is -0.200. The van der Waals surface area contributed by atoms with Crippen LogP contribution in [-0.2, 0) is 0 Å². The van der Waals surface area contributed by atoms with E-state index in [1.54, 1.807) is 11.8 Å². The fraction of sp³-hybridized carbons (Fsp3) is 0.500. The molecule has 0 aromatic heterocycles. The van der Waals surface area contributed by atoms with Crippen molar-refractivity contribution in [2.45, 2.75) is 36.4 Å². The van der Waals surface area contributed by atoms with Crippen LogP contribution < -0.4 is 5.73 Å². The largest absolute Gasteiger partial charge is 0.389 e. The van der Waals surface area contributed by atoms with Gasteiger partial charge in [0.15, 0.2) is 0 Å². The summed E-state index contributed by atoms with van der Waals surface area (Å²) < 4.78 is 36.8. The highest BCUT2D eigenvalue weighted by Crippen LogP contribution is 2.24. The predicted molar refractivity (Wildman–Crippen MR) is 72.7 cm³/mol. The van der Waals surface area contributed by atoms with Crippen LogP contribution in [0.15, 0.2) is 33.6 Å². The first-order chi connectivity index (χ1) is 8.37. The quantitative estimate of drug-likeness (QED) is 0.765. The second-order valence-corrected chi connectivity index (χ2v) is 6.04. The van der Waals surface area contributed by atoms with E-state index in [9.17, 15) is 13.2 Å². The summed E-state index contributed by atoms with van der Waals surface area (Å²) in [6.45, 7) is 0. The summed E-state index contributed by atoms with van der Waals surface area (Å²) in [5, 5.41) is 0. The Morgan fingerprint density at radius 1 is 1.22 bits per heavy atom. The standard InChI is InChI=1S/C12H15BrF3NS/c13-9-3-5-11(6-4-9)18-8-10(17)2-1-7-12(14,15)16/h3-6,10H,1-2,7-8,17H2. The highest BCUT2D eigenvalue weighted by Gasteiger charge is 2.26. The molecule has 0 aliphatic heterocycles. The van der Waals surface area contributed by atoms with E-state index in [2.05, 4.69) is 15.9 Å². The van der Waals surface area contributed by atoms with Gasteiger partial charge in [-0.05, 0) is 37.1 Å². The summed E-state index contributed by atoms with van der Waals surface area (Å²) in [5.74, 6) is 0.638. The molecule has 102 valence electrons. The average molecular weight is 342 g/mol. The van der Waals surface area contributed by atoms with Crippen LogP contribution >= 0.6 is 27.7 Å². The van der Waals surface area contributed by atoms with Crippen molar-refractivity contribution < 1.29 is 13.2 Å². The van der Waals surface area contributed by atoms with E-state index in [-0.39, 0.29) is 12.5 Å². The van der Waals surface area contributed by atoms with Crippen molar-refractivity contribution in [1.82, 2.24) is 0 Å². The Labute approximate surface area is 117 Å². The summed E-state index contributed by atoms with van der Waals surface area (Å²) >= 11 is 4.91. The van der Waals surface area contributed by atoms with E-state index in [0.717, 1.165) is 9.37 Å². The summed E-state index contributed by atoms with van der Waals surface area (Å²) in [7, 11) is 0. The lowest BCUT2D eigenvalue weighted by Crippen LogP contribution is -2.23. The van der Waals surface area contributed by atoms with Gasteiger partial charge in [-0.1, -0.05) is 15.9 Å². The number of halogens is 4. The van der Waals surface area contributed by atoms with Gasteiger partial charge in [0.05, 0.1) is 0 Å². The minimum Gasteiger partial charge on any atom is -0.327 e. The molecule has 0 aliphatic rings. The molecule has 2 N–H and O–H groups in total. The van der Waals surface area contributed by atoms with Gasteiger partial charge in [-0.3, -0.25) is 0 Å². The maximum Gasteiger partial charge on any atom is 0.389 e. The molecule has 18 heavy (non-hydrogen) atoms. The fourth-order valence-electron chi connectivity index (χ4n) is 1.38. The Balaban J connectivity index is 2.21. The van der Waals surface area contributed by atoms with Gasteiger partial charge in [0.1, 0.15) is 0 Å². The highest BCUT2D eigenvalue weighted by molar-refractivity contribution is 9.10. The zero-order chi connectivity index (χ0) is 13.6. The molecule has 1 unspecified atom stereocenters. The molecule has 0 fully saturated rings. The first-order valence-electron chi connectivity index (χ1n) is 5.57. The monoisotopic (exact) mass is 341 g/mol. The molecular weight excluding hydrogens is 327 g/mol. The third-order valence-electron chi connectivity index (χ3n) is 2.31. The van der Waals surface area contributed by atoms with Crippen molar-refractivity contribution in [3.8, 4) is 0 Å². The van der Waals surface area contributed by atoms with E-state index in [1.807, 2.05) is 24.3 Å². The molecule has 0 spiro atoms. The number of nitrogens with two attached hydrogens (primary N) is 1. The minimum absolute atomic E-state index is 0.103. The molecule has 1 aromatic rings. The van der Waals surface area contributed by atoms with E-state index in [1.165, 1.54) is 0 Å². The second kappa shape index (κ2) is 7.40. The minimum atomic E-state index is -4.07. The molecule has 0 amide bonds. The Kier molecular flexibility index (Phi) is 6.52. The fourth-order valence-corrected chi connectivity index (χ4v) is 2.55. The molecule has 1 atom stereocenters. The molecule has 0 saturated carbocycles. The third-order valence-corrected chi connectivity index (χ3v) is 4.04. The maximum atomic E-state index is 11.9. The van der Waals surface area contributed by atoms with Crippen molar-refractivity contribution in [2.24, 2.45) is 5.73 Å². The van der Waals surface area contributed by atoms with Crippen LogP contribution in [0, 0.1) is 0 Å². The lowest BCUT2D eigenvalue weighted by molar-refractivity contribution is -0.135. The number of thioether (sulfide) groups is 1. The summed E-state index contributed by atoms with van der Waals surface area (Å²) in [6, 6.07) is 7.57. The number of rotatable bonds is 6. The summed E-state index contributed by atoms with van der Waals surface area (Å²) in [5.41, 5.74) is 5.78. The van der Waals surface area contributed by atoms with Crippen molar-refractivity contribution in [3.63, 3.8) is 0 Å². The first kappa shape index (κ1) is 15.9. The Bertz CT molecular complexity index is 353. The predicted octanol–water partition coefficient (Wildman–Crippen LogP) is 4.60. The number of hydrogen-bond acceptors (Lipinski definition) is 2. The highest BCUT2D eigenvalue weighted by atomic mass is 79.9. The van der Waals surface area contributed by atoms with E-state index in [4.69, 9.17) is 5.73 Å². The lowest BCUT2D eigenvalue weighted by Gasteiger charge is -2.12. The average Bonchev–Trinajstić information content (AvgIpc) is 2.26. The third kappa shape index (κ3) is 7.28. The Morgan fingerprint density at radius 3 is 2.39 bits per heavy atom. The molecular formula is C12H15BrF3NS. The van der Waals surface area contributed by atoms with Gasteiger partial charge in [0, 0.05) is 27.6 Å².